The fourth-order valence-electron chi connectivity index (χ4n) is 3.84. The molecule has 0 N–H and O–H groups in total. The normalized spacial score (nSPS) is 29.3. The molecule has 3 atom stereocenters. The van der Waals surface area contributed by atoms with Crippen LogP contribution in [0.5, 0.6) is 0 Å². The highest BCUT2D eigenvalue weighted by Crippen LogP contribution is 2.45. The zero-order chi connectivity index (χ0) is 19.5. The first-order valence-corrected chi connectivity index (χ1v) is 10.4. The molecule has 9 nitrogen and oxygen atoms in total. The number of nitrogens with zero attached hydrogens (tertiary/aromatic N) is 1. The lowest BCUT2D eigenvalue weighted by molar-refractivity contribution is -0.194. The van der Waals surface area contributed by atoms with Crippen molar-refractivity contribution in [2.75, 3.05) is 26.0 Å². The van der Waals surface area contributed by atoms with Crippen molar-refractivity contribution in [2.45, 2.75) is 51.3 Å². The summed E-state index contributed by atoms with van der Waals surface area (Å²) in [6, 6.07) is -0.495. The van der Waals surface area contributed by atoms with Gasteiger partial charge in [0.05, 0.1) is 38.4 Å². The molecule has 0 radical (unpaired) electrons. The zero-order valence-electron chi connectivity index (χ0n) is 15.2. The Kier molecular flexibility index (Phi) is 6.41. The van der Waals surface area contributed by atoms with Gasteiger partial charge in [-0.1, -0.05) is 0 Å². The number of esters is 2. The van der Waals surface area contributed by atoms with Crippen molar-refractivity contribution in [3.05, 3.63) is 0 Å². The highest BCUT2D eigenvalue weighted by atomic mass is 32.2. The molecular formula is C16H25NO8S. The molecule has 0 aromatic rings. The van der Waals surface area contributed by atoms with Crippen LogP contribution < -0.4 is 0 Å². The first-order chi connectivity index (χ1) is 12.1. The number of carbonyl (C=O) groups is 3. The molecule has 0 saturated carbocycles. The van der Waals surface area contributed by atoms with E-state index in [1.165, 1.54) is 0 Å². The van der Waals surface area contributed by atoms with Gasteiger partial charge >= 0.3 is 11.9 Å². The summed E-state index contributed by atoms with van der Waals surface area (Å²) in [6.07, 6.45) is 1.03. The molecule has 2 rings (SSSR count). The zero-order valence-corrected chi connectivity index (χ0v) is 16.0. The molecule has 2 bridgehead atoms. The molecule has 0 aliphatic carbocycles. The van der Waals surface area contributed by atoms with Gasteiger partial charge in [0.2, 0.25) is 0 Å². The largest absolute Gasteiger partial charge is 0.466 e. The molecule has 2 aliphatic heterocycles. The van der Waals surface area contributed by atoms with Gasteiger partial charge in [-0.05, 0) is 20.3 Å². The average Bonchev–Trinajstić information content (AvgIpc) is 2.47. The molecule has 2 heterocycles. The minimum atomic E-state index is -3.95. The summed E-state index contributed by atoms with van der Waals surface area (Å²) in [7, 11) is -3.95. The summed E-state index contributed by atoms with van der Waals surface area (Å²) in [4.78, 5) is 38.0. The van der Waals surface area contributed by atoms with Gasteiger partial charge in [0, 0.05) is 18.9 Å². The Morgan fingerprint density at radius 2 is 1.88 bits per heavy atom. The van der Waals surface area contributed by atoms with Crippen LogP contribution in [0.3, 0.4) is 0 Å². The summed E-state index contributed by atoms with van der Waals surface area (Å²) in [6.45, 7) is 3.52. The summed E-state index contributed by atoms with van der Waals surface area (Å²) in [5.74, 6) is -1.76. The van der Waals surface area contributed by atoms with Crippen molar-refractivity contribution in [1.82, 2.24) is 4.90 Å². The van der Waals surface area contributed by atoms with Gasteiger partial charge in [0.25, 0.3) is 10.1 Å². The van der Waals surface area contributed by atoms with E-state index < -0.39 is 39.7 Å². The van der Waals surface area contributed by atoms with Gasteiger partial charge < -0.3 is 9.47 Å². The molecule has 2 fully saturated rings. The number of Topliss-reactive ketones (excluding diaryl/α,β-unsaturated/α-hetero) is 1. The first kappa shape index (κ1) is 20.8. The molecule has 0 aromatic carbocycles. The lowest BCUT2D eigenvalue weighted by Crippen LogP contribution is -2.66. The summed E-state index contributed by atoms with van der Waals surface area (Å²) in [5.41, 5.74) is -1.57. The molecule has 0 spiro atoms. The van der Waals surface area contributed by atoms with E-state index in [0.29, 0.717) is 6.42 Å². The van der Waals surface area contributed by atoms with Crippen LogP contribution in [0.4, 0.5) is 0 Å². The Morgan fingerprint density at radius 1 is 1.23 bits per heavy atom. The van der Waals surface area contributed by atoms with Crippen molar-refractivity contribution < 1.29 is 36.5 Å². The SMILES string of the molecule is CCOC(=O)CN1C2CC(=O)CC1(OS(C)(=O)=O)CC(C(=O)OCC)C2. The monoisotopic (exact) mass is 391 g/mol. The topological polar surface area (TPSA) is 116 Å². The predicted molar refractivity (Wildman–Crippen MR) is 89.4 cm³/mol. The van der Waals surface area contributed by atoms with Crippen LogP contribution in [0.15, 0.2) is 0 Å². The number of fused-ring (bicyclic) bond motifs is 2. The number of hydrogen-bond donors (Lipinski definition) is 0. The van der Waals surface area contributed by atoms with Crippen molar-refractivity contribution in [2.24, 2.45) is 5.92 Å². The van der Waals surface area contributed by atoms with E-state index >= 15 is 0 Å². The standard InChI is InChI=1S/C16H25NO8S/c1-4-23-14(19)10-17-12-6-11(15(20)24-5-2)8-16(17,9-13(18)7-12)25-26(3,21)22/h11-12H,4-10H2,1-3H3. The van der Waals surface area contributed by atoms with Crippen LogP contribution in [0, 0.1) is 5.92 Å². The Labute approximate surface area is 153 Å². The van der Waals surface area contributed by atoms with Gasteiger partial charge in [0.1, 0.15) is 11.5 Å². The van der Waals surface area contributed by atoms with E-state index in [1.54, 1.807) is 18.7 Å². The van der Waals surface area contributed by atoms with Gasteiger partial charge in [0.15, 0.2) is 0 Å². The molecule has 10 heteroatoms. The van der Waals surface area contributed by atoms with E-state index in [4.69, 9.17) is 13.7 Å². The predicted octanol–water partition coefficient (Wildman–Crippen LogP) is 0.229. The Balaban J connectivity index is 2.38. The van der Waals surface area contributed by atoms with Crippen LogP contribution in [-0.2, 0) is 38.2 Å². The van der Waals surface area contributed by atoms with Crippen LogP contribution >= 0.6 is 0 Å². The van der Waals surface area contributed by atoms with Crippen LogP contribution in [0.1, 0.15) is 39.5 Å². The van der Waals surface area contributed by atoms with E-state index in [9.17, 15) is 22.8 Å². The first-order valence-electron chi connectivity index (χ1n) is 8.61. The number of carbonyl (C=O) groups excluding carboxylic acids is 3. The maximum absolute atomic E-state index is 12.2. The second-order valence-corrected chi connectivity index (χ2v) is 8.20. The maximum atomic E-state index is 12.2. The lowest BCUT2D eigenvalue weighted by Gasteiger charge is -2.53. The minimum absolute atomic E-state index is 0.0411. The fourth-order valence-corrected chi connectivity index (χ4v) is 4.62. The average molecular weight is 391 g/mol. The van der Waals surface area contributed by atoms with Crippen molar-refractivity contribution in [3.8, 4) is 0 Å². The van der Waals surface area contributed by atoms with E-state index in [2.05, 4.69) is 0 Å². The van der Waals surface area contributed by atoms with E-state index in [0.717, 1.165) is 6.26 Å². The number of ketones is 1. The van der Waals surface area contributed by atoms with Gasteiger partial charge in [-0.25, -0.2) is 4.18 Å². The molecule has 0 amide bonds. The smallest absolute Gasteiger partial charge is 0.320 e. The van der Waals surface area contributed by atoms with Crippen molar-refractivity contribution >= 4 is 27.8 Å². The Morgan fingerprint density at radius 3 is 2.46 bits per heavy atom. The third-order valence-corrected chi connectivity index (χ3v) is 5.17. The third kappa shape index (κ3) is 4.80. The fraction of sp³-hybridized carbons (Fsp3) is 0.812. The summed E-state index contributed by atoms with van der Waals surface area (Å²) >= 11 is 0. The molecule has 26 heavy (non-hydrogen) atoms. The van der Waals surface area contributed by atoms with Crippen molar-refractivity contribution in [3.63, 3.8) is 0 Å². The molecule has 0 aromatic heterocycles. The molecule has 3 unspecified atom stereocenters. The summed E-state index contributed by atoms with van der Waals surface area (Å²) < 4.78 is 39.1. The number of piperidine rings is 2. The second-order valence-electron chi connectivity index (χ2n) is 6.63. The number of rotatable bonds is 7. The van der Waals surface area contributed by atoms with Crippen LogP contribution in [0.25, 0.3) is 0 Å². The number of ether oxygens (including phenoxy) is 2. The summed E-state index contributed by atoms with van der Waals surface area (Å²) in [5, 5.41) is 0. The highest BCUT2D eigenvalue weighted by Gasteiger charge is 2.56. The van der Waals surface area contributed by atoms with Gasteiger partial charge in [-0.3, -0.25) is 19.3 Å². The Bertz CT molecular complexity index is 676. The van der Waals surface area contributed by atoms with Gasteiger partial charge in [-0.2, -0.15) is 8.42 Å². The maximum Gasteiger partial charge on any atom is 0.320 e. The van der Waals surface area contributed by atoms with Crippen molar-refractivity contribution in [1.29, 1.82) is 0 Å². The minimum Gasteiger partial charge on any atom is -0.466 e. The molecule has 2 saturated heterocycles. The molecule has 148 valence electrons. The lowest BCUT2D eigenvalue weighted by atomic mass is 9.75. The van der Waals surface area contributed by atoms with Crippen LogP contribution in [-0.4, -0.2) is 68.8 Å². The van der Waals surface area contributed by atoms with E-state index in [1.807, 2.05) is 0 Å². The van der Waals surface area contributed by atoms with E-state index in [-0.39, 0.29) is 44.8 Å². The second kappa shape index (κ2) is 8.01. The van der Waals surface area contributed by atoms with Gasteiger partial charge in [-0.15, -0.1) is 0 Å². The molecular weight excluding hydrogens is 366 g/mol. The Hall–Kier alpha value is -1.52. The highest BCUT2D eigenvalue weighted by molar-refractivity contribution is 7.86. The molecule has 2 aliphatic rings. The van der Waals surface area contributed by atoms with Crippen LogP contribution in [0.2, 0.25) is 0 Å². The quantitative estimate of drug-likeness (QED) is 0.444. The third-order valence-electron chi connectivity index (χ3n) is 4.55. The number of hydrogen-bond acceptors (Lipinski definition) is 9.